The topological polar surface area (TPSA) is 69.1 Å². The van der Waals surface area contributed by atoms with Gasteiger partial charge >= 0.3 is 0 Å². The van der Waals surface area contributed by atoms with Crippen molar-refractivity contribution in [3.63, 3.8) is 0 Å². The lowest BCUT2D eigenvalue weighted by molar-refractivity contribution is 0.0999. The number of amides is 1. The predicted octanol–water partition coefficient (Wildman–Crippen LogP) is 2.24. The molecule has 1 aromatic carbocycles. The lowest BCUT2D eigenvalue weighted by atomic mass is 10.0. The normalized spacial score (nSPS) is 10.2. The number of anilines is 1. The molecule has 3 nitrogen and oxygen atoms in total. The summed E-state index contributed by atoms with van der Waals surface area (Å²) in [5.74, 6) is -0.610. The lowest BCUT2D eigenvalue weighted by Crippen LogP contribution is -2.15. The Bertz CT molecular complexity index is 391. The van der Waals surface area contributed by atoms with Gasteiger partial charge in [-0.25, -0.2) is 0 Å². The molecule has 4 N–H and O–H groups in total. The van der Waals surface area contributed by atoms with Crippen molar-refractivity contribution in [1.82, 2.24) is 0 Å². The van der Waals surface area contributed by atoms with Gasteiger partial charge < -0.3 is 11.5 Å². The van der Waals surface area contributed by atoms with Crippen molar-refractivity contribution in [2.24, 2.45) is 5.73 Å². The Labute approximate surface area is 92.0 Å². The summed E-state index contributed by atoms with van der Waals surface area (Å²) in [4.78, 5) is 11.1. The summed E-state index contributed by atoms with van der Waals surface area (Å²) in [6.07, 6.45) is 0.584. The van der Waals surface area contributed by atoms with E-state index in [1.54, 1.807) is 0 Å². The molecule has 14 heavy (non-hydrogen) atoms. The first-order valence-electron chi connectivity index (χ1n) is 4.05. The second kappa shape index (κ2) is 4.07. The second-order valence-electron chi connectivity index (χ2n) is 2.83. The van der Waals surface area contributed by atoms with Gasteiger partial charge in [0.05, 0.1) is 15.6 Å². The average Bonchev–Trinajstić information content (AvgIpc) is 2.10. The lowest BCUT2D eigenvalue weighted by Gasteiger charge is -2.11. The Hall–Kier alpha value is -0.930. The summed E-state index contributed by atoms with van der Waals surface area (Å²) in [7, 11) is 0. The van der Waals surface area contributed by atoms with E-state index >= 15 is 0 Å². The van der Waals surface area contributed by atoms with Gasteiger partial charge in [-0.05, 0) is 18.1 Å². The van der Waals surface area contributed by atoms with Crippen LogP contribution in [0.1, 0.15) is 22.8 Å². The van der Waals surface area contributed by atoms with Gasteiger partial charge in [-0.2, -0.15) is 0 Å². The summed E-state index contributed by atoms with van der Waals surface area (Å²) in [5, 5.41) is 0.417. The fraction of sp³-hybridized carbons (Fsp3) is 0.222. The van der Waals surface area contributed by atoms with E-state index in [1.165, 1.54) is 6.07 Å². The Kier molecular flexibility index (Phi) is 3.24. The first kappa shape index (κ1) is 11.1. The monoisotopic (exact) mass is 232 g/mol. The van der Waals surface area contributed by atoms with Crippen molar-refractivity contribution < 1.29 is 4.79 Å². The summed E-state index contributed by atoms with van der Waals surface area (Å²) in [6.45, 7) is 1.86. The van der Waals surface area contributed by atoms with Crippen LogP contribution in [0.15, 0.2) is 6.07 Å². The van der Waals surface area contributed by atoms with E-state index < -0.39 is 5.91 Å². The molecule has 0 saturated heterocycles. The quantitative estimate of drug-likeness (QED) is 0.769. The Morgan fingerprint density at radius 2 is 2.07 bits per heavy atom. The second-order valence-corrected chi connectivity index (χ2v) is 3.62. The van der Waals surface area contributed by atoms with Crippen molar-refractivity contribution in [2.75, 3.05) is 5.73 Å². The Morgan fingerprint density at radius 1 is 1.50 bits per heavy atom. The first-order chi connectivity index (χ1) is 6.49. The molecule has 0 aliphatic heterocycles. The van der Waals surface area contributed by atoms with Crippen LogP contribution in [-0.4, -0.2) is 5.91 Å². The number of carbonyl (C=O) groups excluding carboxylic acids is 1. The van der Waals surface area contributed by atoms with Crippen LogP contribution in [0.2, 0.25) is 10.0 Å². The summed E-state index contributed by atoms with van der Waals surface area (Å²) in [5.41, 5.74) is 12.2. The molecule has 5 heteroatoms. The SMILES string of the molecule is CCc1c(N)cc(Cl)c(Cl)c1C(N)=O. The largest absolute Gasteiger partial charge is 0.398 e. The van der Waals surface area contributed by atoms with Crippen molar-refractivity contribution in [2.45, 2.75) is 13.3 Å². The van der Waals surface area contributed by atoms with Crippen LogP contribution in [0, 0.1) is 0 Å². The van der Waals surface area contributed by atoms with Gasteiger partial charge in [-0.1, -0.05) is 30.1 Å². The van der Waals surface area contributed by atoms with Crippen LogP contribution in [-0.2, 0) is 6.42 Å². The van der Waals surface area contributed by atoms with Gasteiger partial charge in [-0.3, -0.25) is 4.79 Å². The number of hydrogen-bond donors (Lipinski definition) is 2. The summed E-state index contributed by atoms with van der Waals surface area (Å²) >= 11 is 11.6. The smallest absolute Gasteiger partial charge is 0.250 e. The van der Waals surface area contributed by atoms with Gasteiger partial charge in [0.2, 0.25) is 0 Å². The zero-order valence-electron chi connectivity index (χ0n) is 7.60. The van der Waals surface area contributed by atoms with E-state index in [0.29, 0.717) is 17.7 Å². The third-order valence-corrected chi connectivity index (χ3v) is 2.75. The molecule has 0 unspecified atom stereocenters. The highest BCUT2D eigenvalue weighted by Crippen LogP contribution is 2.32. The Morgan fingerprint density at radius 3 is 2.50 bits per heavy atom. The number of halogens is 2. The molecule has 1 aromatic rings. The highest BCUT2D eigenvalue weighted by Gasteiger charge is 2.17. The number of nitrogens with two attached hydrogens (primary N) is 2. The number of benzene rings is 1. The number of hydrogen-bond acceptors (Lipinski definition) is 2. The highest BCUT2D eigenvalue weighted by atomic mass is 35.5. The highest BCUT2D eigenvalue weighted by molar-refractivity contribution is 6.44. The molecular formula is C9H10Cl2N2O. The zero-order valence-corrected chi connectivity index (χ0v) is 9.12. The number of rotatable bonds is 2. The van der Waals surface area contributed by atoms with Crippen LogP contribution >= 0.6 is 23.2 Å². The maximum atomic E-state index is 11.1. The molecule has 0 fully saturated rings. The average molecular weight is 233 g/mol. The molecule has 0 aliphatic rings. The van der Waals surface area contributed by atoms with E-state index in [-0.39, 0.29) is 15.6 Å². The summed E-state index contributed by atoms with van der Waals surface area (Å²) in [6, 6.07) is 1.52. The molecule has 0 saturated carbocycles. The van der Waals surface area contributed by atoms with Crippen LogP contribution in [0.4, 0.5) is 5.69 Å². The third kappa shape index (κ3) is 1.79. The standard InChI is InChI=1S/C9H10Cl2N2O/c1-2-4-6(12)3-5(10)8(11)7(4)9(13)14/h3H,2,12H2,1H3,(H2,13,14). The minimum Gasteiger partial charge on any atom is -0.398 e. The van der Waals surface area contributed by atoms with Crippen molar-refractivity contribution in [1.29, 1.82) is 0 Å². The molecule has 76 valence electrons. The number of carbonyl (C=O) groups is 1. The van der Waals surface area contributed by atoms with Gasteiger partial charge in [0, 0.05) is 5.69 Å². The molecule has 0 heterocycles. The molecule has 0 bridgehead atoms. The maximum absolute atomic E-state index is 11.1. The van der Waals surface area contributed by atoms with Crippen molar-refractivity contribution in [3.8, 4) is 0 Å². The minimum atomic E-state index is -0.610. The molecule has 1 rings (SSSR count). The van der Waals surface area contributed by atoms with Crippen LogP contribution in [0.3, 0.4) is 0 Å². The number of primary amides is 1. The van der Waals surface area contributed by atoms with Crippen molar-refractivity contribution >= 4 is 34.8 Å². The van der Waals surface area contributed by atoms with Gasteiger partial charge in [0.15, 0.2) is 0 Å². The predicted molar refractivity (Wildman–Crippen MR) is 58.8 cm³/mol. The van der Waals surface area contributed by atoms with Gasteiger partial charge in [-0.15, -0.1) is 0 Å². The van der Waals surface area contributed by atoms with Gasteiger partial charge in [0.25, 0.3) is 5.91 Å². The van der Waals surface area contributed by atoms with Crippen molar-refractivity contribution in [3.05, 3.63) is 27.2 Å². The Balaban J connectivity index is 3.56. The first-order valence-corrected chi connectivity index (χ1v) is 4.80. The fourth-order valence-electron chi connectivity index (χ4n) is 1.32. The van der Waals surface area contributed by atoms with E-state index in [9.17, 15) is 4.79 Å². The van der Waals surface area contributed by atoms with E-state index in [1.807, 2.05) is 6.92 Å². The number of nitrogen functional groups attached to an aromatic ring is 1. The van der Waals surface area contributed by atoms with E-state index in [4.69, 9.17) is 34.7 Å². The molecule has 0 aliphatic carbocycles. The molecule has 0 spiro atoms. The molecule has 0 aromatic heterocycles. The van der Waals surface area contributed by atoms with Crippen LogP contribution in [0.5, 0.6) is 0 Å². The van der Waals surface area contributed by atoms with E-state index in [0.717, 1.165) is 0 Å². The zero-order chi connectivity index (χ0) is 10.9. The summed E-state index contributed by atoms with van der Waals surface area (Å²) < 4.78 is 0. The molecular weight excluding hydrogens is 223 g/mol. The maximum Gasteiger partial charge on any atom is 0.250 e. The van der Waals surface area contributed by atoms with Crippen LogP contribution < -0.4 is 11.5 Å². The molecule has 1 amide bonds. The van der Waals surface area contributed by atoms with Crippen LogP contribution in [0.25, 0.3) is 0 Å². The third-order valence-electron chi connectivity index (χ3n) is 1.96. The molecule has 0 radical (unpaired) electrons. The minimum absolute atomic E-state index is 0.171. The molecule has 0 atom stereocenters. The fourth-order valence-corrected chi connectivity index (χ4v) is 1.79. The van der Waals surface area contributed by atoms with E-state index in [2.05, 4.69) is 0 Å². The van der Waals surface area contributed by atoms with Gasteiger partial charge in [0.1, 0.15) is 0 Å².